The molecule has 0 aliphatic rings. The Morgan fingerprint density at radius 1 is 1.11 bits per heavy atom. The molecule has 0 bridgehead atoms. The Morgan fingerprint density at radius 2 is 1.81 bits per heavy atom. The topological polar surface area (TPSA) is 67.4 Å². The number of hydrogen-bond acceptors (Lipinski definition) is 3. The largest absolute Gasteiger partial charge is 0.492 e. The molecule has 2 N–H and O–H groups in total. The van der Waals surface area contributed by atoms with E-state index in [1.165, 1.54) is 0 Å². The van der Waals surface area contributed by atoms with Crippen LogP contribution >= 0.6 is 15.9 Å². The van der Waals surface area contributed by atoms with Crippen LogP contribution in [-0.2, 0) is 11.2 Å². The zero-order valence-electron chi connectivity index (χ0n) is 15.8. The van der Waals surface area contributed by atoms with Gasteiger partial charge in [0.05, 0.1) is 11.1 Å². The normalized spacial score (nSPS) is 10.6. The van der Waals surface area contributed by atoms with Crippen LogP contribution in [0.2, 0.25) is 0 Å². The van der Waals surface area contributed by atoms with E-state index in [9.17, 15) is 9.59 Å². The lowest BCUT2D eigenvalue weighted by Crippen LogP contribution is -2.17. The number of amides is 2. The number of ether oxygens (including phenoxy) is 1. The highest BCUT2D eigenvalue weighted by atomic mass is 79.9. The molecule has 0 aromatic heterocycles. The van der Waals surface area contributed by atoms with Crippen LogP contribution in [-0.4, -0.2) is 25.5 Å². The number of anilines is 1. The van der Waals surface area contributed by atoms with Gasteiger partial charge < -0.3 is 15.4 Å². The van der Waals surface area contributed by atoms with Gasteiger partial charge in [0.25, 0.3) is 5.91 Å². The van der Waals surface area contributed by atoms with Gasteiger partial charge in [-0.3, -0.25) is 9.59 Å². The van der Waals surface area contributed by atoms with Crippen LogP contribution < -0.4 is 15.4 Å². The molecule has 144 valence electrons. The Balaban J connectivity index is 1.96. The molecular formula is C21H25BrN2O3. The van der Waals surface area contributed by atoms with Crippen molar-refractivity contribution in [3.05, 3.63) is 58.1 Å². The van der Waals surface area contributed by atoms with Crippen molar-refractivity contribution in [1.82, 2.24) is 5.32 Å². The second-order valence-electron chi connectivity index (χ2n) is 6.67. The molecule has 2 rings (SSSR count). The summed E-state index contributed by atoms with van der Waals surface area (Å²) >= 11 is 3.46. The van der Waals surface area contributed by atoms with Crippen molar-refractivity contribution in [3.63, 3.8) is 0 Å². The zero-order chi connectivity index (χ0) is 19.8. The van der Waals surface area contributed by atoms with Gasteiger partial charge in [0.15, 0.2) is 0 Å². The van der Waals surface area contributed by atoms with Crippen LogP contribution in [0, 0.1) is 5.92 Å². The average molecular weight is 433 g/mol. The summed E-state index contributed by atoms with van der Waals surface area (Å²) in [6, 6.07) is 12.8. The lowest BCUT2D eigenvalue weighted by atomic mass is 10.1. The second kappa shape index (κ2) is 10.1. The SMILES string of the molecule is CNC(=O)CCc1ccc(NC(=O)c2ccc(OCC(C)C)c(Br)c2)cc1. The van der Waals surface area contributed by atoms with Crippen LogP contribution in [0.4, 0.5) is 5.69 Å². The van der Waals surface area contributed by atoms with E-state index in [0.29, 0.717) is 36.6 Å². The fraction of sp³-hybridized carbons (Fsp3) is 0.333. The first-order chi connectivity index (χ1) is 12.9. The van der Waals surface area contributed by atoms with E-state index in [-0.39, 0.29) is 11.8 Å². The van der Waals surface area contributed by atoms with Gasteiger partial charge in [0, 0.05) is 24.7 Å². The van der Waals surface area contributed by atoms with E-state index in [4.69, 9.17) is 4.74 Å². The number of halogens is 1. The number of nitrogens with one attached hydrogen (secondary N) is 2. The third-order valence-electron chi connectivity index (χ3n) is 3.90. The predicted octanol–water partition coefficient (Wildman–Crippen LogP) is 4.41. The highest BCUT2D eigenvalue weighted by Gasteiger charge is 2.10. The molecule has 5 nitrogen and oxygen atoms in total. The summed E-state index contributed by atoms with van der Waals surface area (Å²) in [4.78, 5) is 23.8. The molecule has 2 amide bonds. The summed E-state index contributed by atoms with van der Waals surface area (Å²) in [6.07, 6.45) is 1.11. The molecule has 0 atom stereocenters. The van der Waals surface area contributed by atoms with Crippen molar-refractivity contribution in [3.8, 4) is 5.75 Å². The van der Waals surface area contributed by atoms with Gasteiger partial charge in [-0.1, -0.05) is 26.0 Å². The Morgan fingerprint density at radius 3 is 2.41 bits per heavy atom. The second-order valence-corrected chi connectivity index (χ2v) is 7.53. The van der Waals surface area contributed by atoms with E-state index in [2.05, 4.69) is 40.4 Å². The van der Waals surface area contributed by atoms with Crippen molar-refractivity contribution in [2.24, 2.45) is 5.92 Å². The van der Waals surface area contributed by atoms with E-state index in [1.54, 1.807) is 25.2 Å². The monoisotopic (exact) mass is 432 g/mol. The zero-order valence-corrected chi connectivity index (χ0v) is 17.4. The lowest BCUT2D eigenvalue weighted by Gasteiger charge is -2.12. The standard InChI is InChI=1S/C21H25BrN2O3/c1-14(2)13-27-19-10-7-16(12-18(19)22)21(26)24-17-8-4-15(5-9-17)6-11-20(25)23-3/h4-5,7-10,12,14H,6,11,13H2,1-3H3,(H,23,25)(H,24,26). The molecule has 0 radical (unpaired) electrons. The minimum absolute atomic E-state index is 0.0128. The molecule has 0 saturated carbocycles. The fourth-order valence-electron chi connectivity index (χ4n) is 2.36. The van der Waals surface area contributed by atoms with Gasteiger partial charge >= 0.3 is 0 Å². The van der Waals surface area contributed by atoms with Gasteiger partial charge in [-0.25, -0.2) is 0 Å². The summed E-state index contributed by atoms with van der Waals surface area (Å²) in [5, 5.41) is 5.48. The lowest BCUT2D eigenvalue weighted by molar-refractivity contribution is -0.120. The van der Waals surface area contributed by atoms with Crippen LogP contribution in [0.25, 0.3) is 0 Å². The maximum Gasteiger partial charge on any atom is 0.255 e. The first kappa shape index (κ1) is 21.0. The van der Waals surface area contributed by atoms with Crippen molar-refractivity contribution >= 4 is 33.4 Å². The van der Waals surface area contributed by atoms with Crippen LogP contribution in [0.3, 0.4) is 0 Å². The Kier molecular flexibility index (Phi) is 7.85. The summed E-state index contributed by atoms with van der Waals surface area (Å²) in [6.45, 7) is 4.79. The molecule has 0 saturated heterocycles. The number of aryl methyl sites for hydroxylation is 1. The maximum atomic E-state index is 12.5. The van der Waals surface area contributed by atoms with Crippen molar-refractivity contribution in [2.45, 2.75) is 26.7 Å². The minimum atomic E-state index is -0.191. The molecule has 0 aliphatic carbocycles. The fourth-order valence-corrected chi connectivity index (χ4v) is 2.85. The van der Waals surface area contributed by atoms with Gasteiger partial charge in [-0.15, -0.1) is 0 Å². The quantitative estimate of drug-likeness (QED) is 0.648. The van der Waals surface area contributed by atoms with E-state index in [0.717, 1.165) is 15.8 Å². The minimum Gasteiger partial charge on any atom is -0.492 e. The summed E-state index contributed by atoms with van der Waals surface area (Å²) in [7, 11) is 1.63. The highest BCUT2D eigenvalue weighted by molar-refractivity contribution is 9.10. The average Bonchev–Trinajstić information content (AvgIpc) is 2.65. The maximum absolute atomic E-state index is 12.5. The van der Waals surface area contributed by atoms with Gasteiger partial charge in [-0.05, 0) is 64.2 Å². The predicted molar refractivity (Wildman–Crippen MR) is 111 cm³/mol. The summed E-state index contributed by atoms with van der Waals surface area (Å²) in [5.74, 6) is 0.975. The Bertz CT molecular complexity index is 789. The van der Waals surface area contributed by atoms with E-state index < -0.39 is 0 Å². The Labute approximate surface area is 168 Å². The van der Waals surface area contributed by atoms with Crippen molar-refractivity contribution < 1.29 is 14.3 Å². The Hall–Kier alpha value is -2.34. The van der Waals surface area contributed by atoms with E-state index in [1.807, 2.05) is 24.3 Å². The number of rotatable bonds is 8. The summed E-state index contributed by atoms with van der Waals surface area (Å²) < 4.78 is 6.46. The first-order valence-corrected chi connectivity index (χ1v) is 9.71. The number of carbonyl (C=O) groups excluding carboxylic acids is 2. The molecule has 27 heavy (non-hydrogen) atoms. The number of carbonyl (C=O) groups is 2. The van der Waals surface area contributed by atoms with Crippen LogP contribution in [0.1, 0.15) is 36.2 Å². The molecule has 0 aliphatic heterocycles. The first-order valence-electron chi connectivity index (χ1n) is 8.92. The molecular weight excluding hydrogens is 408 g/mol. The molecule has 0 heterocycles. The van der Waals surface area contributed by atoms with Crippen LogP contribution in [0.5, 0.6) is 5.75 Å². The van der Waals surface area contributed by atoms with E-state index >= 15 is 0 Å². The van der Waals surface area contributed by atoms with Gasteiger partial charge in [-0.2, -0.15) is 0 Å². The molecule has 0 spiro atoms. The van der Waals surface area contributed by atoms with Gasteiger partial charge in [0.2, 0.25) is 5.91 Å². The van der Waals surface area contributed by atoms with Crippen molar-refractivity contribution in [1.29, 1.82) is 0 Å². The molecule has 2 aromatic carbocycles. The highest BCUT2D eigenvalue weighted by Crippen LogP contribution is 2.27. The molecule has 0 fully saturated rings. The smallest absolute Gasteiger partial charge is 0.255 e. The number of hydrogen-bond donors (Lipinski definition) is 2. The van der Waals surface area contributed by atoms with Crippen LogP contribution in [0.15, 0.2) is 46.9 Å². The molecule has 0 unspecified atom stereocenters. The van der Waals surface area contributed by atoms with Crippen molar-refractivity contribution in [2.75, 3.05) is 19.0 Å². The number of benzene rings is 2. The molecule has 2 aromatic rings. The van der Waals surface area contributed by atoms with Gasteiger partial charge in [0.1, 0.15) is 5.75 Å². The third kappa shape index (κ3) is 6.71. The molecule has 6 heteroatoms. The summed E-state index contributed by atoms with van der Waals surface area (Å²) in [5.41, 5.74) is 2.30. The third-order valence-corrected chi connectivity index (χ3v) is 4.52.